The third kappa shape index (κ3) is 4.44. The lowest BCUT2D eigenvalue weighted by Crippen LogP contribution is -2.05. The molecule has 0 aliphatic heterocycles. The molecule has 2 aromatic rings. The molecule has 0 bridgehead atoms. The molecule has 0 atom stereocenters. The van der Waals surface area contributed by atoms with E-state index >= 15 is 0 Å². The Morgan fingerprint density at radius 2 is 2.00 bits per heavy atom. The number of rotatable bonds is 6. The van der Waals surface area contributed by atoms with Crippen LogP contribution in [0.5, 0.6) is 0 Å². The first-order valence-corrected chi connectivity index (χ1v) is 7.31. The number of hydrogen-bond donors (Lipinski definition) is 2. The summed E-state index contributed by atoms with van der Waals surface area (Å²) in [6, 6.07) is 12.3. The highest BCUT2D eigenvalue weighted by molar-refractivity contribution is 7.98. The van der Waals surface area contributed by atoms with E-state index in [1.165, 1.54) is 5.56 Å². The second kappa shape index (κ2) is 6.99. The molecule has 0 radical (unpaired) electrons. The van der Waals surface area contributed by atoms with Gasteiger partial charge in [-0.1, -0.05) is 37.3 Å². The Kier molecular flexibility index (Phi) is 5.03. The van der Waals surface area contributed by atoms with Crippen LogP contribution in [0, 0.1) is 0 Å². The zero-order valence-electron chi connectivity index (χ0n) is 11.0. The first-order valence-electron chi connectivity index (χ1n) is 6.33. The summed E-state index contributed by atoms with van der Waals surface area (Å²) in [4.78, 5) is 8.42. The van der Waals surface area contributed by atoms with E-state index in [1.54, 1.807) is 11.8 Å². The van der Waals surface area contributed by atoms with Crippen molar-refractivity contribution in [1.29, 1.82) is 0 Å². The van der Waals surface area contributed by atoms with Crippen molar-refractivity contribution in [3.8, 4) is 0 Å². The van der Waals surface area contributed by atoms with Crippen LogP contribution < -0.4 is 11.1 Å². The summed E-state index contributed by atoms with van der Waals surface area (Å²) < 4.78 is 0. The van der Waals surface area contributed by atoms with Crippen molar-refractivity contribution in [3.05, 3.63) is 42.0 Å². The summed E-state index contributed by atoms with van der Waals surface area (Å²) in [5, 5.41) is 4.13. The summed E-state index contributed by atoms with van der Waals surface area (Å²) in [5.41, 5.74) is 7.00. The van der Waals surface area contributed by atoms with Crippen LogP contribution in [0.2, 0.25) is 0 Å². The van der Waals surface area contributed by atoms with E-state index in [-0.39, 0.29) is 0 Å². The molecule has 5 heteroatoms. The normalized spacial score (nSPS) is 10.4. The maximum Gasteiger partial charge on any atom is 0.223 e. The maximum atomic E-state index is 5.72. The number of aromatic nitrogens is 2. The number of nitrogens with one attached hydrogen (secondary N) is 1. The molecule has 1 heterocycles. The molecule has 0 saturated heterocycles. The topological polar surface area (TPSA) is 63.8 Å². The minimum absolute atomic E-state index is 0.316. The standard InChI is InChI=1S/C14H18N4S/c1-2-8-16-12-9-13(18-14(15)17-12)19-10-11-6-4-3-5-7-11/h3-7,9H,2,8,10H2,1H3,(H3,15,16,17,18). The maximum absolute atomic E-state index is 5.72. The van der Waals surface area contributed by atoms with Gasteiger partial charge in [-0.2, -0.15) is 4.98 Å². The van der Waals surface area contributed by atoms with E-state index in [1.807, 2.05) is 24.3 Å². The third-order valence-corrected chi connectivity index (χ3v) is 3.49. The van der Waals surface area contributed by atoms with E-state index in [0.29, 0.717) is 5.95 Å². The molecule has 4 nitrogen and oxygen atoms in total. The predicted molar refractivity (Wildman–Crippen MR) is 81.2 cm³/mol. The second-order valence-corrected chi connectivity index (χ2v) is 5.15. The first-order chi connectivity index (χ1) is 9.28. The molecule has 19 heavy (non-hydrogen) atoms. The molecule has 1 aromatic carbocycles. The fourth-order valence-electron chi connectivity index (χ4n) is 1.59. The first kappa shape index (κ1) is 13.7. The molecule has 0 amide bonds. The van der Waals surface area contributed by atoms with Crippen LogP contribution >= 0.6 is 11.8 Å². The van der Waals surface area contributed by atoms with Gasteiger partial charge in [0.2, 0.25) is 5.95 Å². The van der Waals surface area contributed by atoms with Crippen LogP contribution in [-0.2, 0) is 5.75 Å². The summed E-state index contributed by atoms with van der Waals surface area (Å²) in [7, 11) is 0. The highest BCUT2D eigenvalue weighted by atomic mass is 32.2. The lowest BCUT2D eigenvalue weighted by Gasteiger charge is -2.07. The van der Waals surface area contributed by atoms with Crippen molar-refractivity contribution in [1.82, 2.24) is 9.97 Å². The van der Waals surface area contributed by atoms with Crippen molar-refractivity contribution >= 4 is 23.5 Å². The summed E-state index contributed by atoms with van der Waals surface area (Å²) >= 11 is 1.66. The van der Waals surface area contributed by atoms with Crippen LogP contribution in [0.3, 0.4) is 0 Å². The number of nitrogens with two attached hydrogens (primary N) is 1. The number of thioether (sulfide) groups is 1. The van der Waals surface area contributed by atoms with Crippen LogP contribution in [0.25, 0.3) is 0 Å². The van der Waals surface area contributed by atoms with Gasteiger partial charge in [0.1, 0.15) is 10.8 Å². The van der Waals surface area contributed by atoms with Gasteiger partial charge in [-0.05, 0) is 12.0 Å². The van der Waals surface area contributed by atoms with Gasteiger partial charge < -0.3 is 11.1 Å². The molecule has 1 aromatic heterocycles. The monoisotopic (exact) mass is 274 g/mol. The molecular weight excluding hydrogens is 256 g/mol. The molecular formula is C14H18N4S. The summed E-state index contributed by atoms with van der Waals surface area (Å²) in [6.45, 7) is 3.00. The van der Waals surface area contributed by atoms with E-state index in [0.717, 1.165) is 29.6 Å². The van der Waals surface area contributed by atoms with Gasteiger partial charge in [-0.15, -0.1) is 11.8 Å². The minimum Gasteiger partial charge on any atom is -0.370 e. The number of nitrogen functional groups attached to an aromatic ring is 1. The molecule has 0 fully saturated rings. The van der Waals surface area contributed by atoms with Crippen LogP contribution in [-0.4, -0.2) is 16.5 Å². The quantitative estimate of drug-likeness (QED) is 0.625. The predicted octanol–water partition coefficient (Wildman–Crippen LogP) is 3.17. The fourth-order valence-corrected chi connectivity index (χ4v) is 2.45. The van der Waals surface area contributed by atoms with Crippen LogP contribution in [0.4, 0.5) is 11.8 Å². The molecule has 2 rings (SSSR count). The average molecular weight is 274 g/mol. The van der Waals surface area contributed by atoms with Crippen molar-refractivity contribution < 1.29 is 0 Å². The molecule has 0 aliphatic rings. The van der Waals surface area contributed by atoms with Crippen molar-refractivity contribution in [2.75, 3.05) is 17.6 Å². The number of benzene rings is 1. The van der Waals surface area contributed by atoms with Crippen LogP contribution in [0.15, 0.2) is 41.4 Å². The fraction of sp³-hybridized carbons (Fsp3) is 0.286. The molecule has 100 valence electrons. The van der Waals surface area contributed by atoms with Gasteiger partial charge in [0, 0.05) is 18.4 Å². The van der Waals surface area contributed by atoms with E-state index < -0.39 is 0 Å². The van der Waals surface area contributed by atoms with Crippen LogP contribution in [0.1, 0.15) is 18.9 Å². The number of anilines is 2. The SMILES string of the molecule is CCCNc1cc(SCc2ccccc2)nc(N)n1. The Labute approximate surface area is 117 Å². The highest BCUT2D eigenvalue weighted by Crippen LogP contribution is 2.23. The van der Waals surface area contributed by atoms with Crippen molar-refractivity contribution in [2.24, 2.45) is 0 Å². The Morgan fingerprint density at radius 3 is 2.74 bits per heavy atom. The largest absolute Gasteiger partial charge is 0.370 e. The number of nitrogens with zero attached hydrogens (tertiary/aromatic N) is 2. The Morgan fingerprint density at radius 1 is 1.21 bits per heavy atom. The molecule has 0 spiro atoms. The Bertz CT molecular complexity index is 516. The van der Waals surface area contributed by atoms with Gasteiger partial charge in [0.05, 0.1) is 0 Å². The number of hydrogen-bond acceptors (Lipinski definition) is 5. The summed E-state index contributed by atoms with van der Waals surface area (Å²) in [6.07, 6.45) is 1.05. The lowest BCUT2D eigenvalue weighted by atomic mass is 10.2. The third-order valence-electron chi connectivity index (χ3n) is 2.51. The Hall–Kier alpha value is -1.75. The Balaban J connectivity index is 2.01. The van der Waals surface area contributed by atoms with E-state index in [9.17, 15) is 0 Å². The minimum atomic E-state index is 0.316. The zero-order valence-corrected chi connectivity index (χ0v) is 11.8. The van der Waals surface area contributed by atoms with Gasteiger partial charge in [0.15, 0.2) is 0 Å². The van der Waals surface area contributed by atoms with Crippen molar-refractivity contribution in [2.45, 2.75) is 24.1 Å². The van der Waals surface area contributed by atoms with Gasteiger partial charge in [-0.25, -0.2) is 4.98 Å². The van der Waals surface area contributed by atoms with E-state index in [2.05, 4.69) is 34.3 Å². The molecule has 0 unspecified atom stereocenters. The highest BCUT2D eigenvalue weighted by Gasteiger charge is 2.03. The van der Waals surface area contributed by atoms with Gasteiger partial charge in [-0.3, -0.25) is 0 Å². The lowest BCUT2D eigenvalue weighted by molar-refractivity contribution is 0.957. The van der Waals surface area contributed by atoms with Gasteiger partial charge >= 0.3 is 0 Å². The zero-order chi connectivity index (χ0) is 13.5. The molecule has 3 N–H and O–H groups in total. The smallest absolute Gasteiger partial charge is 0.223 e. The van der Waals surface area contributed by atoms with Gasteiger partial charge in [0.25, 0.3) is 0 Å². The molecule has 0 saturated carbocycles. The molecule has 0 aliphatic carbocycles. The van der Waals surface area contributed by atoms with Crippen molar-refractivity contribution in [3.63, 3.8) is 0 Å². The van der Waals surface area contributed by atoms with E-state index in [4.69, 9.17) is 5.73 Å². The second-order valence-electron chi connectivity index (χ2n) is 4.15. The average Bonchev–Trinajstić information content (AvgIpc) is 2.43. The summed E-state index contributed by atoms with van der Waals surface area (Å²) in [5.74, 6) is 1.99.